The molecule has 1 aliphatic heterocycles. The van der Waals surface area contributed by atoms with E-state index in [4.69, 9.17) is 9.47 Å². The number of hydrogen-bond donors (Lipinski definition) is 1. The third kappa shape index (κ3) is 4.62. The van der Waals surface area contributed by atoms with Crippen molar-refractivity contribution in [1.29, 1.82) is 0 Å². The summed E-state index contributed by atoms with van der Waals surface area (Å²) in [4.78, 5) is 12.9. The quantitative estimate of drug-likeness (QED) is 0.819. The van der Waals surface area contributed by atoms with Gasteiger partial charge in [0.25, 0.3) is 5.91 Å². The Morgan fingerprint density at radius 3 is 2.52 bits per heavy atom. The predicted molar refractivity (Wildman–Crippen MR) is 107 cm³/mol. The number of carbonyl (C=O) groups is 1. The van der Waals surface area contributed by atoms with Gasteiger partial charge >= 0.3 is 0 Å². The Bertz CT molecular complexity index is 811. The van der Waals surface area contributed by atoms with E-state index in [-0.39, 0.29) is 17.6 Å². The third-order valence-corrected chi connectivity index (χ3v) is 4.91. The van der Waals surface area contributed by atoms with Gasteiger partial charge in [-0.15, -0.1) is 0 Å². The van der Waals surface area contributed by atoms with Gasteiger partial charge in [0, 0.05) is 12.0 Å². The van der Waals surface area contributed by atoms with Crippen molar-refractivity contribution < 1.29 is 14.3 Å². The molecule has 4 nitrogen and oxygen atoms in total. The van der Waals surface area contributed by atoms with E-state index < -0.39 is 6.10 Å². The van der Waals surface area contributed by atoms with Gasteiger partial charge in [0.15, 0.2) is 6.10 Å². The van der Waals surface area contributed by atoms with E-state index >= 15 is 0 Å². The van der Waals surface area contributed by atoms with E-state index in [1.165, 1.54) is 0 Å². The van der Waals surface area contributed by atoms with Gasteiger partial charge in [-0.2, -0.15) is 0 Å². The van der Waals surface area contributed by atoms with Crippen molar-refractivity contribution in [3.8, 4) is 11.5 Å². The summed E-state index contributed by atoms with van der Waals surface area (Å²) in [5, 5.41) is 3.19. The second kappa shape index (κ2) is 7.63. The fourth-order valence-electron chi connectivity index (χ4n) is 3.46. The number of amides is 1. The predicted octanol–water partition coefficient (Wildman–Crippen LogP) is 4.88. The Hall–Kier alpha value is -2.49. The zero-order valence-electron chi connectivity index (χ0n) is 16.8. The Balaban J connectivity index is 1.76. The molecule has 27 heavy (non-hydrogen) atoms. The largest absolute Gasteiger partial charge is 0.487 e. The molecular weight excluding hydrogens is 338 g/mol. The number of carbonyl (C=O) groups excluding carboxylic acids is 1. The molecule has 0 aliphatic carbocycles. The molecular formula is C23H29NO3. The van der Waals surface area contributed by atoms with Gasteiger partial charge in [-0.3, -0.25) is 4.79 Å². The highest BCUT2D eigenvalue weighted by Crippen LogP contribution is 2.40. The smallest absolute Gasteiger partial charge is 0.261 e. The molecule has 2 atom stereocenters. The van der Waals surface area contributed by atoms with Crippen LogP contribution in [0.4, 0.5) is 0 Å². The first kappa shape index (κ1) is 19.3. The Morgan fingerprint density at radius 1 is 1.19 bits per heavy atom. The highest BCUT2D eigenvalue weighted by Gasteiger charge is 2.35. The Morgan fingerprint density at radius 2 is 1.85 bits per heavy atom. The summed E-state index contributed by atoms with van der Waals surface area (Å²) in [6.07, 6.45) is 0.801. The maximum absolute atomic E-state index is 12.9. The topological polar surface area (TPSA) is 47.6 Å². The Labute approximate surface area is 161 Å². The van der Waals surface area contributed by atoms with Crippen LogP contribution >= 0.6 is 0 Å². The number of hydrogen-bond acceptors (Lipinski definition) is 3. The minimum absolute atomic E-state index is 0.0903. The van der Waals surface area contributed by atoms with E-state index in [2.05, 4.69) is 25.2 Å². The highest BCUT2D eigenvalue weighted by molar-refractivity contribution is 5.81. The van der Waals surface area contributed by atoms with Crippen LogP contribution in [-0.4, -0.2) is 17.6 Å². The van der Waals surface area contributed by atoms with Crippen molar-refractivity contribution >= 4 is 5.91 Å². The van der Waals surface area contributed by atoms with Crippen LogP contribution in [0.25, 0.3) is 0 Å². The molecule has 3 rings (SSSR count). The highest BCUT2D eigenvalue weighted by atomic mass is 16.5. The third-order valence-electron chi connectivity index (χ3n) is 4.91. The molecule has 2 aromatic rings. The molecule has 0 aromatic heterocycles. The molecule has 1 N–H and O–H groups in total. The number of ether oxygens (including phenoxy) is 2. The fourth-order valence-corrected chi connectivity index (χ4v) is 3.46. The molecule has 0 saturated heterocycles. The molecule has 1 heterocycles. The van der Waals surface area contributed by atoms with Crippen LogP contribution in [0.15, 0.2) is 42.5 Å². The molecule has 144 valence electrons. The lowest BCUT2D eigenvalue weighted by Crippen LogP contribution is -2.45. The summed E-state index contributed by atoms with van der Waals surface area (Å²) >= 11 is 0. The van der Waals surface area contributed by atoms with Crippen LogP contribution in [0.5, 0.6) is 11.5 Å². The van der Waals surface area contributed by atoms with Crippen molar-refractivity contribution in [2.24, 2.45) is 0 Å². The normalized spacial score (nSPS) is 18.8. The first-order chi connectivity index (χ1) is 12.8. The van der Waals surface area contributed by atoms with E-state index in [0.717, 1.165) is 28.9 Å². The zero-order valence-corrected chi connectivity index (χ0v) is 16.8. The number of nitrogens with one attached hydrogen (secondary N) is 1. The number of fused-ring (bicyclic) bond motifs is 1. The monoisotopic (exact) mass is 367 g/mol. The summed E-state index contributed by atoms with van der Waals surface area (Å²) < 4.78 is 12.1. The molecule has 0 radical (unpaired) electrons. The van der Waals surface area contributed by atoms with Gasteiger partial charge in [-0.25, -0.2) is 0 Å². The van der Waals surface area contributed by atoms with E-state index in [1.54, 1.807) is 0 Å². The molecule has 1 amide bonds. The average Bonchev–Trinajstić information content (AvgIpc) is 2.59. The molecule has 0 spiro atoms. The first-order valence-electron chi connectivity index (χ1n) is 9.60. The second-order valence-electron chi connectivity index (χ2n) is 8.00. The minimum atomic E-state index is -0.521. The lowest BCUT2D eigenvalue weighted by Gasteiger charge is -2.38. The first-order valence-corrected chi connectivity index (χ1v) is 9.60. The van der Waals surface area contributed by atoms with Gasteiger partial charge in [-0.1, -0.05) is 36.8 Å². The van der Waals surface area contributed by atoms with Crippen molar-refractivity contribution in [3.63, 3.8) is 0 Å². The minimum Gasteiger partial charge on any atom is -0.487 e. The molecule has 0 unspecified atom stereocenters. The van der Waals surface area contributed by atoms with Crippen molar-refractivity contribution in [3.05, 3.63) is 59.2 Å². The molecule has 0 bridgehead atoms. The van der Waals surface area contributed by atoms with Gasteiger partial charge < -0.3 is 14.8 Å². The maximum atomic E-state index is 12.9. The van der Waals surface area contributed by atoms with Crippen LogP contribution in [-0.2, 0) is 4.79 Å². The molecule has 0 fully saturated rings. The number of benzene rings is 2. The molecule has 0 saturated carbocycles. The number of aryl methyl sites for hydroxylation is 2. The lowest BCUT2D eigenvalue weighted by atomic mass is 9.89. The second-order valence-corrected chi connectivity index (χ2v) is 8.00. The van der Waals surface area contributed by atoms with E-state index in [1.807, 2.05) is 57.2 Å². The van der Waals surface area contributed by atoms with Gasteiger partial charge in [-0.05, 0) is 57.9 Å². The van der Waals surface area contributed by atoms with Gasteiger partial charge in [0.1, 0.15) is 17.1 Å². The summed E-state index contributed by atoms with van der Waals surface area (Å²) in [5.41, 5.74) is 3.00. The summed E-state index contributed by atoms with van der Waals surface area (Å²) in [6.45, 7) is 10.1. The van der Waals surface area contributed by atoms with Crippen LogP contribution in [0, 0.1) is 13.8 Å². The van der Waals surface area contributed by atoms with Crippen LogP contribution in [0.1, 0.15) is 56.3 Å². The fraction of sp³-hybridized carbons (Fsp3) is 0.435. The van der Waals surface area contributed by atoms with Crippen LogP contribution < -0.4 is 14.8 Å². The standard InChI is InChI=1S/C23H29NO3/c1-6-20(26-17-10-7-15(2)8-11-17)22(25)24-19-14-23(4,5)27-21-13-16(3)9-12-18(19)21/h7-13,19-20H,6,14H2,1-5H3,(H,24,25)/t19-,20-/m0/s1. The average molecular weight is 367 g/mol. The number of rotatable bonds is 5. The van der Waals surface area contributed by atoms with Crippen molar-refractivity contribution in [1.82, 2.24) is 5.32 Å². The van der Waals surface area contributed by atoms with Crippen LogP contribution in [0.3, 0.4) is 0 Å². The maximum Gasteiger partial charge on any atom is 0.261 e. The van der Waals surface area contributed by atoms with Gasteiger partial charge in [0.2, 0.25) is 0 Å². The molecule has 4 heteroatoms. The van der Waals surface area contributed by atoms with E-state index in [9.17, 15) is 4.79 Å². The molecule has 2 aromatic carbocycles. The Kier molecular flexibility index (Phi) is 5.45. The summed E-state index contributed by atoms with van der Waals surface area (Å²) in [6, 6.07) is 13.8. The lowest BCUT2D eigenvalue weighted by molar-refractivity contribution is -0.129. The van der Waals surface area contributed by atoms with E-state index in [0.29, 0.717) is 12.2 Å². The van der Waals surface area contributed by atoms with Crippen molar-refractivity contribution in [2.45, 2.75) is 65.2 Å². The van der Waals surface area contributed by atoms with Crippen molar-refractivity contribution in [2.75, 3.05) is 0 Å². The van der Waals surface area contributed by atoms with Crippen LogP contribution in [0.2, 0.25) is 0 Å². The SMILES string of the molecule is CC[C@H](Oc1ccc(C)cc1)C(=O)N[C@H]1CC(C)(C)Oc2cc(C)ccc21. The summed E-state index contributed by atoms with van der Waals surface area (Å²) in [5.74, 6) is 1.47. The molecule has 1 aliphatic rings. The van der Waals surface area contributed by atoms with Gasteiger partial charge in [0.05, 0.1) is 6.04 Å². The zero-order chi connectivity index (χ0) is 19.6. The summed E-state index contributed by atoms with van der Waals surface area (Å²) in [7, 11) is 0.